The zero-order valence-corrected chi connectivity index (χ0v) is 18.4. The Morgan fingerprint density at radius 1 is 1.10 bits per heavy atom. The van der Waals surface area contributed by atoms with Crippen molar-refractivity contribution in [1.29, 1.82) is 0 Å². The Bertz CT molecular complexity index is 1070. The molecule has 0 saturated heterocycles. The lowest BCUT2D eigenvalue weighted by atomic mass is 10.0. The van der Waals surface area contributed by atoms with Gasteiger partial charge in [0.2, 0.25) is 0 Å². The quantitative estimate of drug-likeness (QED) is 0.471. The van der Waals surface area contributed by atoms with Gasteiger partial charge in [0.15, 0.2) is 17.6 Å². The highest BCUT2D eigenvalue weighted by Gasteiger charge is 2.24. The van der Waals surface area contributed by atoms with Crippen LogP contribution in [0.3, 0.4) is 0 Å². The molecule has 158 valence electrons. The van der Waals surface area contributed by atoms with Gasteiger partial charge in [-0.2, -0.15) is 0 Å². The molecule has 0 fully saturated rings. The van der Waals surface area contributed by atoms with Crippen LogP contribution >= 0.6 is 0 Å². The van der Waals surface area contributed by atoms with Gasteiger partial charge in [0.25, 0.3) is 11.7 Å². The Labute approximate surface area is 177 Å². The fraction of sp³-hybridized carbons (Fsp3) is 0.375. The molecule has 6 heteroatoms. The van der Waals surface area contributed by atoms with E-state index in [1.807, 2.05) is 41.8 Å². The third kappa shape index (κ3) is 4.37. The van der Waals surface area contributed by atoms with Crippen molar-refractivity contribution >= 4 is 28.6 Å². The van der Waals surface area contributed by atoms with Crippen molar-refractivity contribution in [1.82, 2.24) is 4.57 Å². The number of nitrogens with zero attached hydrogens (tertiary/aromatic N) is 2. The first-order chi connectivity index (χ1) is 14.3. The summed E-state index contributed by atoms with van der Waals surface area (Å²) < 4.78 is 9.21. The molecule has 1 N–H and O–H groups in total. The molecule has 1 heterocycles. The zero-order valence-electron chi connectivity index (χ0n) is 18.4. The summed E-state index contributed by atoms with van der Waals surface area (Å²) in [5.74, 6) is 0.931. The molecule has 0 atom stereocenters. The van der Waals surface area contributed by atoms with Crippen LogP contribution in [-0.2, 0) is 22.6 Å². The smallest absolute Gasteiger partial charge is 0.338 e. The number of amides is 1. The van der Waals surface area contributed by atoms with Crippen LogP contribution in [0.25, 0.3) is 11.0 Å². The number of carbonyl (C=O) groups excluding carboxylic acids is 2. The van der Waals surface area contributed by atoms with Gasteiger partial charge in [-0.3, -0.25) is 4.79 Å². The van der Waals surface area contributed by atoms with Gasteiger partial charge in [-0.15, -0.1) is 0 Å². The Hall–Kier alpha value is -3.15. The number of imidazole rings is 1. The molecule has 6 nitrogen and oxygen atoms in total. The highest BCUT2D eigenvalue weighted by Crippen LogP contribution is 2.19. The molecule has 0 unspecified atom stereocenters. The second-order valence-corrected chi connectivity index (χ2v) is 7.63. The van der Waals surface area contributed by atoms with Crippen molar-refractivity contribution in [2.45, 2.75) is 53.6 Å². The van der Waals surface area contributed by atoms with Crippen LogP contribution in [-0.4, -0.2) is 23.1 Å². The average molecular weight is 409 g/mol. The topological polar surface area (TPSA) is 64.2 Å². The summed E-state index contributed by atoms with van der Waals surface area (Å²) in [6, 6.07) is 13.4. The molecule has 0 aliphatic carbocycles. The maximum absolute atomic E-state index is 12.8. The number of aryl methyl sites for hydroxylation is 1. The van der Waals surface area contributed by atoms with Gasteiger partial charge in [0.05, 0.1) is 18.7 Å². The first-order valence-corrected chi connectivity index (χ1v) is 10.4. The van der Waals surface area contributed by atoms with Crippen LogP contribution in [0.5, 0.6) is 0 Å². The number of esters is 1. The first kappa shape index (κ1) is 21.6. The minimum absolute atomic E-state index is 0.114. The molecule has 3 aromatic rings. The van der Waals surface area contributed by atoms with Crippen LogP contribution in [0.15, 0.2) is 42.5 Å². The summed E-state index contributed by atoms with van der Waals surface area (Å²) in [6.07, 6.45) is 0. The summed E-state index contributed by atoms with van der Waals surface area (Å²) in [5, 5.41) is 2.97. The molecule has 2 aromatic carbocycles. The van der Waals surface area contributed by atoms with Crippen molar-refractivity contribution < 1.29 is 18.9 Å². The van der Waals surface area contributed by atoms with Crippen LogP contribution in [0.1, 0.15) is 55.4 Å². The first-order valence-electron chi connectivity index (χ1n) is 10.4. The Kier molecular flexibility index (Phi) is 6.55. The number of fused-ring (bicyclic) bond motifs is 1. The number of anilines is 1. The minimum Gasteiger partial charge on any atom is -0.462 e. The van der Waals surface area contributed by atoms with Crippen molar-refractivity contribution in [2.24, 2.45) is 0 Å². The number of ether oxygens (including phenoxy) is 1. The number of nitrogens with one attached hydrogen (secondary N) is 1. The van der Waals surface area contributed by atoms with Crippen molar-refractivity contribution in [2.75, 3.05) is 11.9 Å². The molecule has 1 aromatic heterocycles. The molecule has 0 saturated carbocycles. The second kappa shape index (κ2) is 9.11. The number of carbonyl (C=O) groups is 2. The lowest BCUT2D eigenvalue weighted by molar-refractivity contribution is -0.674. The predicted molar refractivity (Wildman–Crippen MR) is 118 cm³/mol. The molecular weight excluding hydrogens is 378 g/mol. The van der Waals surface area contributed by atoms with Crippen LogP contribution in [0, 0.1) is 6.92 Å². The van der Waals surface area contributed by atoms with Gasteiger partial charge in [0.1, 0.15) is 0 Å². The summed E-state index contributed by atoms with van der Waals surface area (Å²) >= 11 is 0. The van der Waals surface area contributed by atoms with Gasteiger partial charge in [-0.25, -0.2) is 13.9 Å². The monoisotopic (exact) mass is 408 g/mol. The predicted octanol–water partition coefficient (Wildman–Crippen LogP) is 4.20. The van der Waals surface area contributed by atoms with Crippen molar-refractivity contribution in [3.8, 4) is 0 Å². The van der Waals surface area contributed by atoms with E-state index in [2.05, 4.69) is 30.7 Å². The Morgan fingerprint density at radius 2 is 1.80 bits per heavy atom. The third-order valence-corrected chi connectivity index (χ3v) is 5.33. The number of aromatic nitrogens is 2. The summed E-state index contributed by atoms with van der Waals surface area (Å²) in [6.45, 7) is 11.4. The number of benzene rings is 2. The van der Waals surface area contributed by atoms with E-state index in [1.54, 1.807) is 19.1 Å². The fourth-order valence-corrected chi connectivity index (χ4v) is 3.70. The molecule has 0 bridgehead atoms. The van der Waals surface area contributed by atoms with E-state index in [1.165, 1.54) is 5.56 Å². The van der Waals surface area contributed by atoms with Crippen LogP contribution < -0.4 is 9.88 Å². The zero-order chi connectivity index (χ0) is 21.8. The van der Waals surface area contributed by atoms with Crippen molar-refractivity contribution in [3.63, 3.8) is 0 Å². The van der Waals surface area contributed by atoms with E-state index in [9.17, 15) is 9.59 Å². The second-order valence-electron chi connectivity index (χ2n) is 7.63. The lowest BCUT2D eigenvalue weighted by Crippen LogP contribution is -2.35. The van der Waals surface area contributed by atoms with E-state index in [0.29, 0.717) is 18.1 Å². The molecular formula is C24H30N3O3+. The van der Waals surface area contributed by atoms with Gasteiger partial charge >= 0.3 is 5.97 Å². The van der Waals surface area contributed by atoms with Gasteiger partial charge in [0, 0.05) is 18.7 Å². The molecule has 0 radical (unpaired) electrons. The van der Waals surface area contributed by atoms with E-state index in [-0.39, 0.29) is 18.4 Å². The van der Waals surface area contributed by atoms with Crippen LogP contribution in [0.4, 0.5) is 5.69 Å². The van der Waals surface area contributed by atoms with Gasteiger partial charge < -0.3 is 10.1 Å². The maximum atomic E-state index is 12.8. The third-order valence-electron chi connectivity index (χ3n) is 5.33. The number of hydrogen-bond donors (Lipinski definition) is 1. The van der Waals surface area contributed by atoms with E-state index >= 15 is 0 Å². The highest BCUT2D eigenvalue weighted by molar-refractivity contribution is 5.94. The molecule has 0 spiro atoms. The molecule has 1 amide bonds. The lowest BCUT2D eigenvalue weighted by Gasteiger charge is -2.08. The van der Waals surface area contributed by atoms with Crippen LogP contribution in [0.2, 0.25) is 0 Å². The largest absolute Gasteiger partial charge is 0.462 e. The normalized spacial score (nSPS) is 11.1. The van der Waals surface area contributed by atoms with Gasteiger partial charge in [-0.05, 0) is 49.6 Å². The summed E-state index contributed by atoms with van der Waals surface area (Å²) in [7, 11) is 0. The molecule has 30 heavy (non-hydrogen) atoms. The van der Waals surface area contributed by atoms with E-state index in [0.717, 1.165) is 29.1 Å². The number of rotatable bonds is 7. The molecule has 0 aliphatic heterocycles. The van der Waals surface area contributed by atoms with Gasteiger partial charge in [-0.1, -0.05) is 26.0 Å². The Morgan fingerprint density at radius 3 is 2.40 bits per heavy atom. The fourth-order valence-electron chi connectivity index (χ4n) is 3.70. The highest BCUT2D eigenvalue weighted by atomic mass is 16.5. The molecule has 0 aliphatic rings. The van der Waals surface area contributed by atoms with E-state index in [4.69, 9.17) is 4.74 Å². The number of hydrogen-bond acceptors (Lipinski definition) is 3. The maximum Gasteiger partial charge on any atom is 0.338 e. The molecule has 3 rings (SSSR count). The summed E-state index contributed by atoms with van der Waals surface area (Å²) in [5.41, 5.74) is 4.31. The standard InChI is InChI=1S/C24H29N3O3/c1-6-26-17(5)27(22-14-19(10-13-21(22)26)24(29)30-7-2)15-23(28)25-20-11-8-18(9-12-20)16(3)4/h8-14,16H,6-7,15H2,1-5H3/p+1. The Balaban J connectivity index is 1.89. The summed E-state index contributed by atoms with van der Waals surface area (Å²) in [4.78, 5) is 25.0. The van der Waals surface area contributed by atoms with Crippen molar-refractivity contribution in [3.05, 3.63) is 59.4 Å². The average Bonchev–Trinajstić information content (AvgIpc) is 2.98. The minimum atomic E-state index is -0.359. The SMILES string of the molecule is CCOC(=O)c1ccc2c(c1)n(CC(=O)Nc1ccc(C(C)C)cc1)c(C)[n+]2CC. The van der Waals surface area contributed by atoms with E-state index < -0.39 is 0 Å².